The Kier molecular flexibility index (Phi) is 8.83. The van der Waals surface area contributed by atoms with Crippen LogP contribution in [0.15, 0.2) is 243 Å². The zero-order chi connectivity index (χ0) is 41.7. The number of benzene rings is 11. The second kappa shape index (κ2) is 15.3. The normalized spacial score (nSPS) is 11.6. The minimum Gasteiger partial charge on any atom is -0.452 e. The molecule has 0 saturated carbocycles. The molecule has 0 N–H and O–H groups in total. The molecule has 12 rings (SSSR count). The van der Waals surface area contributed by atoms with Gasteiger partial charge in [-0.3, -0.25) is 0 Å². The van der Waals surface area contributed by atoms with Crippen molar-refractivity contribution in [3.8, 4) is 44.9 Å². The number of fused-ring (bicyclic) bond motifs is 4. The van der Waals surface area contributed by atoms with E-state index in [1.54, 1.807) is 0 Å². The molecule has 1 aliphatic heterocycles. The van der Waals surface area contributed by atoms with E-state index >= 15 is 0 Å². The molecule has 0 fully saturated rings. The van der Waals surface area contributed by atoms with Gasteiger partial charge in [0.05, 0.1) is 17.1 Å². The van der Waals surface area contributed by atoms with E-state index in [1.165, 1.54) is 38.4 Å². The van der Waals surface area contributed by atoms with Crippen LogP contribution in [-0.4, -0.2) is 0 Å². The Labute approximate surface area is 367 Å². The molecule has 3 heteroatoms. The highest BCUT2D eigenvalue weighted by Crippen LogP contribution is 2.57. The fraction of sp³-hybridized carbons (Fsp3) is 0. The minimum absolute atomic E-state index is 0.808. The maximum Gasteiger partial charge on any atom is 0.160 e. The molecule has 0 atom stereocenters. The Balaban J connectivity index is 1.07. The first-order valence-electron chi connectivity index (χ1n) is 21.5. The molecular weight excluding hydrogens is 765 g/mol. The second-order valence-electron chi connectivity index (χ2n) is 16.1. The van der Waals surface area contributed by atoms with Crippen molar-refractivity contribution >= 4 is 66.4 Å². The lowest BCUT2D eigenvalue weighted by atomic mass is 9.92. The first-order valence-corrected chi connectivity index (χ1v) is 21.5. The number of hydrogen-bond donors (Lipinski definition) is 0. The van der Waals surface area contributed by atoms with Gasteiger partial charge in [-0.05, 0) is 104 Å². The molecule has 11 aromatic rings. The number of para-hydroxylation sites is 1. The van der Waals surface area contributed by atoms with E-state index in [4.69, 9.17) is 4.74 Å². The van der Waals surface area contributed by atoms with Crippen molar-refractivity contribution in [3.05, 3.63) is 243 Å². The van der Waals surface area contributed by atoms with Crippen LogP contribution in [0.25, 0.3) is 65.7 Å². The minimum atomic E-state index is 0.808. The van der Waals surface area contributed by atoms with E-state index in [0.717, 1.165) is 72.9 Å². The van der Waals surface area contributed by atoms with Crippen molar-refractivity contribution in [2.24, 2.45) is 0 Å². The van der Waals surface area contributed by atoms with Crippen LogP contribution < -0.4 is 14.5 Å². The standard InChI is InChI=1S/C60H40N2O/c1-3-14-41(15-4-1)44-28-34-49(35-29-44)61(51-38-32-43-18-7-8-20-48(43)40-51)57-39-33-47-22-11-24-53-54-25-13-27-56(59(54)63-60(57)58(47)53)62(55-26-12-21-46-19-9-10-23-52(46)55)50-36-30-45(31-37-50)42-16-5-2-6-17-42/h1-40H. The number of rotatable bonds is 8. The van der Waals surface area contributed by atoms with Crippen molar-refractivity contribution < 1.29 is 4.74 Å². The van der Waals surface area contributed by atoms with Crippen molar-refractivity contribution in [1.29, 1.82) is 0 Å². The average Bonchev–Trinajstić information content (AvgIpc) is 3.36. The van der Waals surface area contributed by atoms with E-state index in [-0.39, 0.29) is 0 Å². The van der Waals surface area contributed by atoms with Crippen LogP contribution in [0.1, 0.15) is 0 Å². The predicted octanol–water partition coefficient (Wildman–Crippen LogP) is 17.2. The van der Waals surface area contributed by atoms with E-state index in [0.29, 0.717) is 0 Å². The lowest BCUT2D eigenvalue weighted by Gasteiger charge is -2.34. The molecule has 0 radical (unpaired) electrons. The summed E-state index contributed by atoms with van der Waals surface area (Å²) in [5.74, 6) is 1.63. The van der Waals surface area contributed by atoms with Gasteiger partial charge in [0, 0.05) is 33.4 Å². The van der Waals surface area contributed by atoms with E-state index in [2.05, 4.69) is 252 Å². The number of ether oxygens (including phenoxy) is 1. The molecule has 0 unspecified atom stereocenters. The molecule has 0 aromatic heterocycles. The highest BCUT2D eigenvalue weighted by Gasteiger charge is 2.30. The Morgan fingerprint density at radius 2 is 0.762 bits per heavy atom. The average molecular weight is 805 g/mol. The summed E-state index contributed by atoms with van der Waals surface area (Å²) in [5.41, 5.74) is 13.0. The van der Waals surface area contributed by atoms with Crippen LogP contribution in [0.5, 0.6) is 11.5 Å². The third-order valence-electron chi connectivity index (χ3n) is 12.4. The van der Waals surface area contributed by atoms with Crippen molar-refractivity contribution in [2.75, 3.05) is 9.80 Å². The van der Waals surface area contributed by atoms with Crippen molar-refractivity contribution in [3.63, 3.8) is 0 Å². The fourth-order valence-electron chi connectivity index (χ4n) is 9.38. The smallest absolute Gasteiger partial charge is 0.160 e. The van der Waals surface area contributed by atoms with Gasteiger partial charge in [0.15, 0.2) is 11.5 Å². The Morgan fingerprint density at radius 1 is 0.270 bits per heavy atom. The monoisotopic (exact) mass is 804 g/mol. The fourth-order valence-corrected chi connectivity index (χ4v) is 9.38. The first-order chi connectivity index (χ1) is 31.2. The molecule has 3 nitrogen and oxygen atoms in total. The number of hydrogen-bond acceptors (Lipinski definition) is 3. The maximum atomic E-state index is 7.56. The Bertz CT molecular complexity index is 3470. The quantitative estimate of drug-likeness (QED) is 0.152. The predicted molar refractivity (Wildman–Crippen MR) is 265 cm³/mol. The summed E-state index contributed by atoms with van der Waals surface area (Å²) in [4.78, 5) is 4.72. The SMILES string of the molecule is c1ccc(-c2ccc(N(c3ccc4ccccc4c3)c3ccc4cccc5c4c3Oc3c-5cccc3N(c3ccc(-c4ccccc4)cc3)c3cccc4ccccc34)cc2)cc1. The molecular formula is C60H40N2O. The first kappa shape index (κ1) is 36.5. The van der Waals surface area contributed by atoms with E-state index in [1.807, 2.05) is 0 Å². The van der Waals surface area contributed by atoms with Gasteiger partial charge < -0.3 is 14.5 Å². The summed E-state index contributed by atoms with van der Waals surface area (Å²) in [6, 6.07) is 87.0. The van der Waals surface area contributed by atoms with Gasteiger partial charge in [0.25, 0.3) is 0 Å². The van der Waals surface area contributed by atoms with Crippen LogP contribution in [-0.2, 0) is 0 Å². The third-order valence-corrected chi connectivity index (χ3v) is 12.4. The molecule has 11 aromatic carbocycles. The second-order valence-corrected chi connectivity index (χ2v) is 16.1. The molecule has 296 valence electrons. The lowest BCUT2D eigenvalue weighted by Crippen LogP contribution is -2.15. The van der Waals surface area contributed by atoms with Gasteiger partial charge in [-0.1, -0.05) is 188 Å². The lowest BCUT2D eigenvalue weighted by molar-refractivity contribution is 0.489. The molecule has 63 heavy (non-hydrogen) atoms. The summed E-state index contributed by atoms with van der Waals surface area (Å²) in [6.45, 7) is 0. The third kappa shape index (κ3) is 6.38. The summed E-state index contributed by atoms with van der Waals surface area (Å²) in [5, 5.41) is 6.92. The zero-order valence-electron chi connectivity index (χ0n) is 34.4. The van der Waals surface area contributed by atoms with Crippen LogP contribution in [0.3, 0.4) is 0 Å². The van der Waals surface area contributed by atoms with Gasteiger partial charge >= 0.3 is 0 Å². The van der Waals surface area contributed by atoms with Crippen molar-refractivity contribution in [2.45, 2.75) is 0 Å². The Morgan fingerprint density at radius 3 is 1.49 bits per heavy atom. The van der Waals surface area contributed by atoms with Crippen molar-refractivity contribution in [1.82, 2.24) is 0 Å². The summed E-state index contributed by atoms with van der Waals surface area (Å²) in [7, 11) is 0. The van der Waals surface area contributed by atoms with Gasteiger partial charge in [-0.25, -0.2) is 0 Å². The summed E-state index contributed by atoms with van der Waals surface area (Å²) >= 11 is 0. The molecule has 1 heterocycles. The molecule has 1 aliphatic rings. The van der Waals surface area contributed by atoms with Gasteiger partial charge in [0.1, 0.15) is 0 Å². The number of nitrogens with zero attached hydrogens (tertiary/aromatic N) is 2. The summed E-state index contributed by atoms with van der Waals surface area (Å²) < 4.78 is 7.56. The van der Waals surface area contributed by atoms with Crippen LogP contribution in [0.4, 0.5) is 34.1 Å². The molecule has 0 spiro atoms. The van der Waals surface area contributed by atoms with Crippen LogP contribution in [0.2, 0.25) is 0 Å². The summed E-state index contributed by atoms with van der Waals surface area (Å²) in [6.07, 6.45) is 0. The molecule has 0 bridgehead atoms. The van der Waals surface area contributed by atoms with E-state index < -0.39 is 0 Å². The Hall–Kier alpha value is -8.40. The molecule has 0 aliphatic carbocycles. The highest BCUT2D eigenvalue weighted by atomic mass is 16.5. The van der Waals surface area contributed by atoms with Gasteiger partial charge in [0.2, 0.25) is 0 Å². The molecule has 0 saturated heterocycles. The van der Waals surface area contributed by atoms with Crippen LogP contribution in [0, 0.1) is 0 Å². The van der Waals surface area contributed by atoms with Gasteiger partial charge in [-0.2, -0.15) is 0 Å². The zero-order valence-corrected chi connectivity index (χ0v) is 34.4. The topological polar surface area (TPSA) is 15.7 Å². The van der Waals surface area contributed by atoms with E-state index in [9.17, 15) is 0 Å². The van der Waals surface area contributed by atoms with Gasteiger partial charge in [-0.15, -0.1) is 0 Å². The largest absolute Gasteiger partial charge is 0.452 e. The number of anilines is 6. The maximum absolute atomic E-state index is 7.56. The van der Waals surface area contributed by atoms with Crippen LogP contribution >= 0.6 is 0 Å². The molecule has 0 amide bonds. The highest BCUT2D eigenvalue weighted by molar-refractivity contribution is 6.10.